The number of carboxylic acids is 2. The number of carbonyl (C=O) groups excluding carboxylic acids is 1. The van der Waals surface area contributed by atoms with E-state index >= 15 is 0 Å². The first-order chi connectivity index (χ1) is 12.0. The lowest BCUT2D eigenvalue weighted by Crippen LogP contribution is -2.45. The van der Waals surface area contributed by atoms with Crippen molar-refractivity contribution in [2.75, 3.05) is 0 Å². The maximum atomic E-state index is 11.8. The van der Waals surface area contributed by atoms with E-state index in [0.29, 0.717) is 5.33 Å². The quantitative estimate of drug-likeness (QED) is 0.546. The minimum Gasteiger partial charge on any atom is -0.481 e. The fourth-order valence-electron chi connectivity index (χ4n) is 2.28. The van der Waals surface area contributed by atoms with Crippen molar-refractivity contribution in [3.05, 3.63) is 35.4 Å². The summed E-state index contributed by atoms with van der Waals surface area (Å²) in [5.74, 6) is -3.38. The van der Waals surface area contributed by atoms with Crippen LogP contribution in [0.15, 0.2) is 24.3 Å². The molecule has 0 radical (unpaired) electrons. The predicted octanol–water partition coefficient (Wildman–Crippen LogP) is 3.19. The second-order valence-corrected chi connectivity index (χ2v) is 7.52. The number of aliphatic carboxylic acids is 2. The van der Waals surface area contributed by atoms with Crippen LogP contribution in [0.1, 0.15) is 38.3 Å². The summed E-state index contributed by atoms with van der Waals surface area (Å²) in [6, 6.07) is 6.01. The monoisotopic (exact) mass is 429 g/mol. The highest BCUT2D eigenvalue weighted by Crippen LogP contribution is 2.17. The Bertz CT molecular complexity index is 638. The molecule has 0 saturated carbocycles. The van der Waals surface area contributed by atoms with Crippen LogP contribution in [-0.4, -0.2) is 39.9 Å². The zero-order valence-electron chi connectivity index (χ0n) is 15.0. The molecule has 0 bridgehead atoms. The van der Waals surface area contributed by atoms with Gasteiger partial charge in [-0.2, -0.15) is 0 Å². The van der Waals surface area contributed by atoms with Gasteiger partial charge < -0.3 is 20.3 Å². The number of carbonyl (C=O) groups is 3. The fourth-order valence-corrected chi connectivity index (χ4v) is 2.65. The van der Waals surface area contributed by atoms with Crippen molar-refractivity contribution in [2.24, 2.45) is 5.92 Å². The van der Waals surface area contributed by atoms with E-state index in [1.54, 1.807) is 20.8 Å². The Morgan fingerprint density at radius 1 is 1.08 bits per heavy atom. The first kappa shape index (κ1) is 22.0. The molecule has 1 rings (SSSR count). The highest BCUT2D eigenvalue weighted by molar-refractivity contribution is 9.08. The molecule has 3 N–H and O–H groups in total. The highest BCUT2D eigenvalue weighted by Gasteiger charge is 2.30. The SMILES string of the molecule is CC(C)(C)OC(=O)N[C@H](CC(Cc1ccc(CBr)cc1)C(=O)O)C(=O)O. The molecule has 1 aromatic carbocycles. The lowest BCUT2D eigenvalue weighted by Gasteiger charge is -2.23. The van der Waals surface area contributed by atoms with Crippen molar-refractivity contribution in [3.8, 4) is 0 Å². The molecular weight excluding hydrogens is 406 g/mol. The molecule has 26 heavy (non-hydrogen) atoms. The predicted molar refractivity (Wildman–Crippen MR) is 99.3 cm³/mol. The van der Waals surface area contributed by atoms with Crippen molar-refractivity contribution in [1.82, 2.24) is 5.32 Å². The molecule has 0 heterocycles. The van der Waals surface area contributed by atoms with Crippen LogP contribution >= 0.6 is 15.9 Å². The summed E-state index contributed by atoms with van der Waals surface area (Å²) in [5.41, 5.74) is 1.05. The Balaban J connectivity index is 2.81. The van der Waals surface area contributed by atoms with Gasteiger partial charge >= 0.3 is 18.0 Å². The average Bonchev–Trinajstić information content (AvgIpc) is 2.52. The van der Waals surface area contributed by atoms with E-state index in [0.717, 1.165) is 11.1 Å². The van der Waals surface area contributed by atoms with Gasteiger partial charge in [-0.1, -0.05) is 40.2 Å². The topological polar surface area (TPSA) is 113 Å². The lowest BCUT2D eigenvalue weighted by atomic mass is 9.92. The molecule has 0 aliphatic carbocycles. The Kier molecular flexibility index (Phi) is 8.08. The number of hydrogen-bond acceptors (Lipinski definition) is 4. The Morgan fingerprint density at radius 3 is 2.04 bits per heavy atom. The lowest BCUT2D eigenvalue weighted by molar-refractivity contribution is -0.144. The fraction of sp³-hybridized carbons (Fsp3) is 0.500. The Labute approximate surface area is 160 Å². The van der Waals surface area contributed by atoms with Crippen molar-refractivity contribution in [1.29, 1.82) is 0 Å². The number of nitrogens with one attached hydrogen (secondary N) is 1. The number of alkyl carbamates (subject to hydrolysis) is 1. The van der Waals surface area contributed by atoms with Crippen LogP contribution in [0.4, 0.5) is 4.79 Å². The molecule has 0 aliphatic rings. The smallest absolute Gasteiger partial charge is 0.408 e. The maximum Gasteiger partial charge on any atom is 0.408 e. The third kappa shape index (κ3) is 7.86. The van der Waals surface area contributed by atoms with Crippen molar-refractivity contribution in [2.45, 2.75) is 50.6 Å². The van der Waals surface area contributed by atoms with Gasteiger partial charge in [-0.3, -0.25) is 4.79 Å². The van der Waals surface area contributed by atoms with E-state index in [1.165, 1.54) is 0 Å². The minimum absolute atomic E-state index is 0.164. The van der Waals surface area contributed by atoms with E-state index in [1.807, 2.05) is 24.3 Å². The van der Waals surface area contributed by atoms with Crippen molar-refractivity contribution >= 4 is 34.0 Å². The van der Waals surface area contributed by atoms with Crippen LogP contribution in [-0.2, 0) is 26.1 Å². The summed E-state index contributed by atoms with van der Waals surface area (Å²) < 4.78 is 5.04. The first-order valence-electron chi connectivity index (χ1n) is 8.10. The van der Waals surface area contributed by atoms with Gasteiger partial charge in [-0.25, -0.2) is 9.59 Å². The van der Waals surface area contributed by atoms with Gasteiger partial charge in [0.1, 0.15) is 11.6 Å². The molecule has 1 aromatic rings. The standard InChI is InChI=1S/C18H24BrNO6/c1-18(2,3)26-17(25)20-14(16(23)24)9-13(15(21)22)8-11-4-6-12(10-19)7-5-11/h4-7,13-14H,8-10H2,1-3H3,(H,20,25)(H,21,22)(H,23,24)/t13?,14-/m1/s1. The van der Waals surface area contributed by atoms with E-state index in [2.05, 4.69) is 21.2 Å². The number of hydrogen-bond donors (Lipinski definition) is 3. The molecular formula is C18H24BrNO6. The molecule has 8 heteroatoms. The third-order valence-electron chi connectivity index (χ3n) is 3.52. The van der Waals surface area contributed by atoms with E-state index in [9.17, 15) is 24.6 Å². The van der Waals surface area contributed by atoms with Gasteiger partial charge in [0, 0.05) is 5.33 Å². The largest absolute Gasteiger partial charge is 0.481 e. The second kappa shape index (κ2) is 9.56. The molecule has 0 aromatic heterocycles. The normalized spacial score (nSPS) is 13.5. The molecule has 144 valence electrons. The number of benzene rings is 1. The van der Waals surface area contributed by atoms with Gasteiger partial charge in [0.2, 0.25) is 0 Å². The van der Waals surface area contributed by atoms with Gasteiger partial charge in [0.15, 0.2) is 0 Å². The van der Waals surface area contributed by atoms with Crippen molar-refractivity contribution in [3.63, 3.8) is 0 Å². The highest BCUT2D eigenvalue weighted by atomic mass is 79.9. The number of amides is 1. The molecule has 0 fully saturated rings. The van der Waals surface area contributed by atoms with E-state index in [4.69, 9.17) is 4.74 Å². The second-order valence-electron chi connectivity index (χ2n) is 6.96. The first-order valence-corrected chi connectivity index (χ1v) is 9.23. The van der Waals surface area contributed by atoms with Gasteiger partial charge in [0.05, 0.1) is 5.92 Å². The summed E-state index contributed by atoms with van der Waals surface area (Å²) in [6.45, 7) is 4.96. The van der Waals surface area contributed by atoms with E-state index in [-0.39, 0.29) is 12.8 Å². The summed E-state index contributed by atoms with van der Waals surface area (Å²) in [4.78, 5) is 34.8. The number of rotatable bonds is 8. The zero-order chi connectivity index (χ0) is 19.9. The summed E-state index contributed by atoms with van der Waals surface area (Å²) in [5, 5.41) is 21.7. The minimum atomic E-state index is -1.35. The summed E-state index contributed by atoms with van der Waals surface area (Å²) in [7, 11) is 0. The number of alkyl halides is 1. The number of carboxylic acid groups (broad SMARTS) is 2. The molecule has 0 saturated heterocycles. The molecule has 2 atom stereocenters. The summed E-state index contributed by atoms with van der Waals surface area (Å²) in [6.07, 6.45) is -0.974. The summed E-state index contributed by atoms with van der Waals surface area (Å²) >= 11 is 3.34. The van der Waals surface area contributed by atoms with Crippen LogP contribution in [0.25, 0.3) is 0 Å². The van der Waals surface area contributed by atoms with Gasteiger partial charge in [-0.05, 0) is 44.7 Å². The number of halogens is 1. The van der Waals surface area contributed by atoms with Crippen LogP contribution in [0, 0.1) is 5.92 Å². The molecule has 0 spiro atoms. The maximum absolute atomic E-state index is 11.8. The number of ether oxygens (including phenoxy) is 1. The van der Waals surface area contributed by atoms with Crippen LogP contribution in [0.3, 0.4) is 0 Å². The molecule has 7 nitrogen and oxygen atoms in total. The third-order valence-corrected chi connectivity index (χ3v) is 4.17. The van der Waals surface area contributed by atoms with Gasteiger partial charge in [0.25, 0.3) is 0 Å². The Morgan fingerprint density at radius 2 is 1.62 bits per heavy atom. The molecule has 0 aliphatic heterocycles. The van der Waals surface area contributed by atoms with Crippen LogP contribution in [0.2, 0.25) is 0 Å². The van der Waals surface area contributed by atoms with E-state index < -0.39 is 35.6 Å². The average molecular weight is 430 g/mol. The Hall–Kier alpha value is -2.09. The van der Waals surface area contributed by atoms with Crippen molar-refractivity contribution < 1.29 is 29.3 Å². The van der Waals surface area contributed by atoms with Gasteiger partial charge in [-0.15, -0.1) is 0 Å². The molecule has 1 unspecified atom stereocenters. The van der Waals surface area contributed by atoms with Crippen LogP contribution in [0.5, 0.6) is 0 Å². The van der Waals surface area contributed by atoms with Crippen LogP contribution < -0.4 is 5.32 Å². The zero-order valence-corrected chi connectivity index (χ0v) is 16.6. The molecule has 1 amide bonds.